The van der Waals surface area contributed by atoms with Crippen molar-refractivity contribution < 1.29 is 4.79 Å². The second kappa shape index (κ2) is 7.03. The molecule has 1 aliphatic heterocycles. The van der Waals surface area contributed by atoms with E-state index >= 15 is 0 Å². The molecule has 4 rings (SSSR count). The average Bonchev–Trinajstić information content (AvgIpc) is 3.14. The Morgan fingerprint density at radius 1 is 1.12 bits per heavy atom. The first kappa shape index (κ1) is 16.4. The van der Waals surface area contributed by atoms with Gasteiger partial charge in [0, 0.05) is 50.2 Å². The van der Waals surface area contributed by atoms with Crippen LogP contribution < -0.4 is 0 Å². The molecule has 0 saturated carbocycles. The van der Waals surface area contributed by atoms with Crippen LogP contribution in [0.2, 0.25) is 0 Å². The lowest BCUT2D eigenvalue weighted by Crippen LogP contribution is -2.39. The zero-order chi connectivity index (χ0) is 17.9. The van der Waals surface area contributed by atoms with Crippen molar-refractivity contribution in [3.05, 3.63) is 60.7 Å². The predicted molar refractivity (Wildman–Crippen MR) is 96.3 cm³/mol. The van der Waals surface area contributed by atoms with E-state index in [1.54, 1.807) is 43.2 Å². The Hall–Kier alpha value is -3.09. The molecule has 7 nitrogen and oxygen atoms in total. The number of carbonyl (C=O) groups excluding carboxylic acids is 1. The Balaban J connectivity index is 1.55. The third-order valence-corrected chi connectivity index (χ3v) is 4.79. The largest absolute Gasteiger partial charge is 0.338 e. The summed E-state index contributed by atoms with van der Waals surface area (Å²) >= 11 is 0. The van der Waals surface area contributed by atoms with E-state index in [1.807, 2.05) is 22.7 Å². The van der Waals surface area contributed by atoms with Gasteiger partial charge in [0.1, 0.15) is 5.69 Å². The zero-order valence-corrected chi connectivity index (χ0v) is 14.6. The van der Waals surface area contributed by atoms with E-state index in [0.717, 1.165) is 36.5 Å². The highest BCUT2D eigenvalue weighted by Gasteiger charge is 2.26. The van der Waals surface area contributed by atoms with Crippen molar-refractivity contribution in [2.75, 3.05) is 13.1 Å². The molecule has 7 heteroatoms. The van der Waals surface area contributed by atoms with Crippen molar-refractivity contribution in [2.24, 2.45) is 7.05 Å². The standard InChI is InChI=1S/C19H20N6O/c1-24-13-22-11-18(24)17-10-21-9-16(23-17)15-3-2-8-25(12-15)19(26)14-4-6-20-7-5-14/h4-7,9-11,13,15H,2-3,8,12H2,1H3/t15-/m0/s1. The molecule has 0 radical (unpaired) electrons. The number of likely N-dealkylation sites (tertiary alicyclic amines) is 1. The Bertz CT molecular complexity index is 907. The molecule has 0 N–H and O–H groups in total. The maximum atomic E-state index is 12.7. The number of hydrogen-bond acceptors (Lipinski definition) is 5. The fourth-order valence-corrected chi connectivity index (χ4v) is 3.39. The first-order valence-corrected chi connectivity index (χ1v) is 8.70. The molecule has 26 heavy (non-hydrogen) atoms. The van der Waals surface area contributed by atoms with Crippen LogP contribution in [-0.2, 0) is 7.05 Å². The maximum absolute atomic E-state index is 12.7. The number of piperidine rings is 1. The summed E-state index contributed by atoms with van der Waals surface area (Å²) in [4.78, 5) is 31.9. The molecule has 1 amide bonds. The van der Waals surface area contributed by atoms with E-state index in [2.05, 4.69) is 15.0 Å². The molecule has 3 aromatic heterocycles. The number of hydrogen-bond donors (Lipinski definition) is 0. The highest BCUT2D eigenvalue weighted by atomic mass is 16.2. The van der Waals surface area contributed by atoms with E-state index < -0.39 is 0 Å². The van der Waals surface area contributed by atoms with Crippen LogP contribution in [-0.4, -0.2) is 48.4 Å². The van der Waals surface area contributed by atoms with Gasteiger partial charge in [0.05, 0.1) is 30.1 Å². The number of nitrogens with zero attached hydrogens (tertiary/aromatic N) is 6. The van der Waals surface area contributed by atoms with Crippen LogP contribution >= 0.6 is 0 Å². The molecule has 132 valence electrons. The Morgan fingerprint density at radius 3 is 2.73 bits per heavy atom. The van der Waals surface area contributed by atoms with Crippen molar-refractivity contribution in [3.63, 3.8) is 0 Å². The van der Waals surface area contributed by atoms with Crippen molar-refractivity contribution in [1.82, 2.24) is 29.4 Å². The highest BCUT2D eigenvalue weighted by Crippen LogP contribution is 2.27. The van der Waals surface area contributed by atoms with Crippen LogP contribution in [0.4, 0.5) is 0 Å². The van der Waals surface area contributed by atoms with Crippen LogP contribution in [0.3, 0.4) is 0 Å². The minimum Gasteiger partial charge on any atom is -0.338 e. The Kier molecular flexibility index (Phi) is 4.43. The molecule has 0 spiro atoms. The van der Waals surface area contributed by atoms with Crippen LogP contribution in [0.5, 0.6) is 0 Å². The zero-order valence-electron chi connectivity index (χ0n) is 14.6. The van der Waals surface area contributed by atoms with Crippen molar-refractivity contribution in [3.8, 4) is 11.4 Å². The number of aromatic nitrogens is 5. The number of pyridine rings is 1. The van der Waals surface area contributed by atoms with Gasteiger partial charge in [-0.1, -0.05) is 0 Å². The minimum atomic E-state index is 0.0489. The molecule has 0 unspecified atom stereocenters. The number of imidazole rings is 1. The second-order valence-corrected chi connectivity index (χ2v) is 6.55. The second-order valence-electron chi connectivity index (χ2n) is 6.55. The summed E-state index contributed by atoms with van der Waals surface area (Å²) < 4.78 is 1.92. The lowest BCUT2D eigenvalue weighted by atomic mass is 9.94. The summed E-state index contributed by atoms with van der Waals surface area (Å²) in [5, 5.41) is 0. The van der Waals surface area contributed by atoms with Gasteiger partial charge in [0.2, 0.25) is 0 Å². The number of amides is 1. The van der Waals surface area contributed by atoms with Crippen molar-refractivity contribution in [2.45, 2.75) is 18.8 Å². The molecule has 0 aliphatic carbocycles. The smallest absolute Gasteiger partial charge is 0.253 e. The molecule has 1 fully saturated rings. The van der Waals surface area contributed by atoms with Gasteiger partial charge in [-0.3, -0.25) is 14.8 Å². The van der Waals surface area contributed by atoms with E-state index in [0.29, 0.717) is 12.1 Å². The van der Waals surface area contributed by atoms with Gasteiger partial charge >= 0.3 is 0 Å². The molecule has 0 bridgehead atoms. The van der Waals surface area contributed by atoms with Crippen LogP contribution in [0.1, 0.15) is 34.8 Å². The fraction of sp³-hybridized carbons (Fsp3) is 0.316. The highest BCUT2D eigenvalue weighted by molar-refractivity contribution is 5.94. The molecule has 3 aromatic rings. The third kappa shape index (κ3) is 3.20. The predicted octanol–water partition coefficient (Wildman–Crippen LogP) is 2.29. The Labute approximate surface area is 151 Å². The summed E-state index contributed by atoms with van der Waals surface area (Å²) in [6.07, 6.45) is 12.4. The molecule has 4 heterocycles. The monoisotopic (exact) mass is 348 g/mol. The molecule has 1 atom stereocenters. The average molecular weight is 348 g/mol. The first-order chi connectivity index (χ1) is 12.7. The van der Waals surface area contributed by atoms with E-state index in [9.17, 15) is 4.79 Å². The van der Waals surface area contributed by atoms with Gasteiger partial charge in [-0.25, -0.2) is 9.97 Å². The van der Waals surface area contributed by atoms with Gasteiger partial charge in [-0.2, -0.15) is 0 Å². The van der Waals surface area contributed by atoms with Crippen LogP contribution in [0, 0.1) is 0 Å². The fourth-order valence-electron chi connectivity index (χ4n) is 3.39. The quantitative estimate of drug-likeness (QED) is 0.726. The van der Waals surface area contributed by atoms with E-state index in [4.69, 9.17) is 4.98 Å². The van der Waals surface area contributed by atoms with Gasteiger partial charge in [0.15, 0.2) is 0 Å². The SMILES string of the molecule is Cn1cncc1-c1cncc([C@H]2CCCN(C(=O)c3ccncc3)C2)n1. The van der Waals surface area contributed by atoms with E-state index in [1.165, 1.54) is 0 Å². The van der Waals surface area contributed by atoms with Crippen LogP contribution in [0.15, 0.2) is 49.4 Å². The maximum Gasteiger partial charge on any atom is 0.253 e. The summed E-state index contributed by atoms with van der Waals surface area (Å²) in [6, 6.07) is 3.52. The number of aryl methyl sites for hydroxylation is 1. The van der Waals surface area contributed by atoms with E-state index in [-0.39, 0.29) is 11.8 Å². The lowest BCUT2D eigenvalue weighted by molar-refractivity contribution is 0.0705. The molecular weight excluding hydrogens is 328 g/mol. The van der Waals surface area contributed by atoms with Gasteiger partial charge in [-0.05, 0) is 25.0 Å². The Morgan fingerprint density at radius 2 is 1.96 bits per heavy atom. The molecule has 1 saturated heterocycles. The summed E-state index contributed by atoms with van der Waals surface area (Å²) in [5.41, 5.74) is 3.34. The minimum absolute atomic E-state index is 0.0489. The summed E-state index contributed by atoms with van der Waals surface area (Å²) in [7, 11) is 1.94. The lowest BCUT2D eigenvalue weighted by Gasteiger charge is -2.32. The summed E-state index contributed by atoms with van der Waals surface area (Å²) in [6.45, 7) is 1.43. The molecule has 1 aliphatic rings. The van der Waals surface area contributed by atoms with Crippen molar-refractivity contribution >= 4 is 5.91 Å². The molecule has 0 aromatic carbocycles. The van der Waals surface area contributed by atoms with Gasteiger partial charge in [-0.15, -0.1) is 0 Å². The normalized spacial score (nSPS) is 17.3. The first-order valence-electron chi connectivity index (χ1n) is 8.70. The van der Waals surface area contributed by atoms with Gasteiger partial charge in [0.25, 0.3) is 5.91 Å². The van der Waals surface area contributed by atoms with Crippen LogP contribution in [0.25, 0.3) is 11.4 Å². The topological polar surface area (TPSA) is 76.8 Å². The third-order valence-electron chi connectivity index (χ3n) is 4.79. The summed E-state index contributed by atoms with van der Waals surface area (Å²) in [5.74, 6) is 0.239. The number of carbonyl (C=O) groups is 1. The molecular formula is C19H20N6O. The number of rotatable bonds is 3. The van der Waals surface area contributed by atoms with Crippen molar-refractivity contribution in [1.29, 1.82) is 0 Å². The van der Waals surface area contributed by atoms with Gasteiger partial charge < -0.3 is 9.47 Å².